The van der Waals surface area contributed by atoms with Crippen molar-refractivity contribution in [2.75, 3.05) is 31.1 Å². The number of aromatic nitrogens is 2. The molecule has 0 radical (unpaired) electrons. The molecule has 1 aliphatic rings. The van der Waals surface area contributed by atoms with E-state index in [0.29, 0.717) is 12.1 Å². The first-order valence-corrected chi connectivity index (χ1v) is 9.38. The summed E-state index contributed by atoms with van der Waals surface area (Å²) in [5.41, 5.74) is 2.69. The number of nitrogens with zero attached hydrogens (tertiary/aromatic N) is 3. The van der Waals surface area contributed by atoms with Gasteiger partial charge in [0.25, 0.3) is 5.91 Å². The smallest absolute Gasteiger partial charge is 0.257 e. The van der Waals surface area contributed by atoms with Gasteiger partial charge in [0, 0.05) is 36.7 Å². The number of hydrogen-bond donors (Lipinski definition) is 1. The van der Waals surface area contributed by atoms with Gasteiger partial charge in [0.05, 0.1) is 17.5 Å². The number of nitrogens with one attached hydrogen (secondary N) is 1. The second-order valence-electron chi connectivity index (χ2n) is 6.29. The fraction of sp³-hybridized carbons (Fsp3) is 0.263. The van der Waals surface area contributed by atoms with E-state index >= 15 is 0 Å². The molecule has 1 fully saturated rings. The number of anilines is 1. The van der Waals surface area contributed by atoms with Gasteiger partial charge in [-0.1, -0.05) is 28.1 Å². The van der Waals surface area contributed by atoms with Gasteiger partial charge in [-0.3, -0.25) is 9.89 Å². The summed E-state index contributed by atoms with van der Waals surface area (Å²) in [7, 11) is 0. The Labute approximate surface area is 159 Å². The van der Waals surface area contributed by atoms with Crippen LogP contribution in [0.25, 0.3) is 11.3 Å². The summed E-state index contributed by atoms with van der Waals surface area (Å²) in [4.78, 5) is 16.6. The van der Waals surface area contributed by atoms with Crippen molar-refractivity contribution in [1.82, 2.24) is 15.1 Å². The van der Waals surface area contributed by atoms with Crippen molar-refractivity contribution in [3.05, 3.63) is 59.0 Å². The predicted octanol–water partition coefficient (Wildman–Crippen LogP) is 3.78. The summed E-state index contributed by atoms with van der Waals surface area (Å²) in [5.74, 6) is 0.943. The monoisotopic (exact) mass is 414 g/mol. The highest BCUT2D eigenvalue weighted by Crippen LogP contribution is 2.24. The number of rotatable bonds is 3. The number of carbonyl (C=O) groups excluding carboxylic acids is 1. The van der Waals surface area contributed by atoms with Crippen LogP contribution in [0.5, 0.6) is 0 Å². The Balaban J connectivity index is 1.44. The summed E-state index contributed by atoms with van der Waals surface area (Å²) in [5, 5.41) is 7.59. The molecule has 4 rings (SSSR count). The molecule has 0 atom stereocenters. The number of carbonyl (C=O) groups is 1. The highest BCUT2D eigenvalue weighted by atomic mass is 79.9. The minimum absolute atomic E-state index is 0.0261. The average molecular weight is 415 g/mol. The van der Waals surface area contributed by atoms with E-state index in [2.05, 4.69) is 49.2 Å². The van der Waals surface area contributed by atoms with Crippen LogP contribution in [0.4, 0.5) is 5.82 Å². The summed E-state index contributed by atoms with van der Waals surface area (Å²) in [6.07, 6.45) is 3.94. The van der Waals surface area contributed by atoms with E-state index in [4.69, 9.17) is 4.42 Å². The van der Waals surface area contributed by atoms with E-state index in [9.17, 15) is 4.79 Å². The average Bonchev–Trinajstić information content (AvgIpc) is 3.30. The minimum Gasteiger partial charge on any atom is -0.472 e. The SMILES string of the molecule is O=C(c1ccoc1)N1CCCN(c2cc(-c3ccc(Br)cc3)[nH]n2)CC1. The van der Waals surface area contributed by atoms with E-state index in [1.807, 2.05) is 17.0 Å². The fourth-order valence-electron chi connectivity index (χ4n) is 3.17. The molecular weight excluding hydrogens is 396 g/mol. The highest BCUT2D eigenvalue weighted by Gasteiger charge is 2.22. The topological polar surface area (TPSA) is 65.4 Å². The molecule has 0 unspecified atom stereocenters. The molecule has 0 aliphatic carbocycles. The Morgan fingerprint density at radius 3 is 2.73 bits per heavy atom. The van der Waals surface area contributed by atoms with Crippen molar-refractivity contribution >= 4 is 27.7 Å². The molecule has 6 nitrogen and oxygen atoms in total. The van der Waals surface area contributed by atoms with Gasteiger partial charge in [0.15, 0.2) is 5.82 Å². The molecule has 26 heavy (non-hydrogen) atoms. The third-order valence-corrected chi connectivity index (χ3v) is 5.12. The van der Waals surface area contributed by atoms with Gasteiger partial charge in [0.1, 0.15) is 6.26 Å². The van der Waals surface area contributed by atoms with Crippen molar-refractivity contribution < 1.29 is 9.21 Å². The standard InChI is InChI=1S/C19H19BrN4O2/c20-16-4-2-14(3-5-16)17-12-18(22-21-17)23-7-1-8-24(10-9-23)19(25)15-6-11-26-13-15/h2-6,11-13H,1,7-10H2,(H,21,22). The molecule has 2 aromatic heterocycles. The second-order valence-corrected chi connectivity index (χ2v) is 7.21. The molecule has 134 valence electrons. The maximum Gasteiger partial charge on any atom is 0.257 e. The van der Waals surface area contributed by atoms with Crippen LogP contribution in [0.15, 0.2) is 57.8 Å². The summed E-state index contributed by atoms with van der Waals surface area (Å²) >= 11 is 3.45. The molecule has 1 aliphatic heterocycles. The van der Waals surface area contributed by atoms with Crippen LogP contribution in [0.2, 0.25) is 0 Å². The van der Waals surface area contributed by atoms with E-state index in [1.165, 1.54) is 12.5 Å². The number of amides is 1. The molecule has 1 saturated heterocycles. The van der Waals surface area contributed by atoms with Crippen LogP contribution >= 0.6 is 15.9 Å². The minimum atomic E-state index is 0.0261. The first-order valence-electron chi connectivity index (χ1n) is 8.58. The molecule has 1 N–H and O–H groups in total. The lowest BCUT2D eigenvalue weighted by atomic mass is 10.1. The lowest BCUT2D eigenvalue weighted by Crippen LogP contribution is -2.35. The number of benzene rings is 1. The Bertz CT molecular complexity index is 873. The number of hydrogen-bond acceptors (Lipinski definition) is 4. The van der Waals surface area contributed by atoms with E-state index < -0.39 is 0 Å². The normalized spacial score (nSPS) is 15.1. The molecule has 7 heteroatoms. The molecule has 1 amide bonds. The number of aromatic amines is 1. The molecular formula is C19H19BrN4O2. The number of furan rings is 1. The molecule has 0 spiro atoms. The molecule has 0 saturated carbocycles. The third-order valence-electron chi connectivity index (χ3n) is 4.59. The number of halogens is 1. The largest absolute Gasteiger partial charge is 0.472 e. The summed E-state index contributed by atoms with van der Waals surface area (Å²) in [6.45, 7) is 3.04. The van der Waals surface area contributed by atoms with Gasteiger partial charge >= 0.3 is 0 Å². The lowest BCUT2D eigenvalue weighted by molar-refractivity contribution is 0.0766. The zero-order valence-electron chi connectivity index (χ0n) is 14.2. The van der Waals surface area contributed by atoms with Crippen LogP contribution in [0.3, 0.4) is 0 Å². The van der Waals surface area contributed by atoms with Crippen LogP contribution in [0.1, 0.15) is 16.8 Å². The van der Waals surface area contributed by atoms with Gasteiger partial charge in [-0.05, 0) is 30.2 Å². The maximum absolute atomic E-state index is 12.5. The fourth-order valence-corrected chi connectivity index (χ4v) is 3.43. The molecule has 3 aromatic rings. The second kappa shape index (κ2) is 7.37. The Morgan fingerprint density at radius 1 is 1.12 bits per heavy atom. The van der Waals surface area contributed by atoms with Gasteiger partial charge in [-0.2, -0.15) is 5.10 Å². The van der Waals surface area contributed by atoms with Crippen molar-refractivity contribution in [3.63, 3.8) is 0 Å². The van der Waals surface area contributed by atoms with Crippen molar-refractivity contribution in [2.24, 2.45) is 0 Å². The first kappa shape index (κ1) is 16.9. The Hall–Kier alpha value is -2.54. The van der Waals surface area contributed by atoms with E-state index in [0.717, 1.165) is 47.6 Å². The van der Waals surface area contributed by atoms with Crippen LogP contribution < -0.4 is 4.90 Å². The van der Waals surface area contributed by atoms with Crippen LogP contribution in [0, 0.1) is 0 Å². The van der Waals surface area contributed by atoms with Gasteiger partial charge in [0.2, 0.25) is 0 Å². The van der Waals surface area contributed by atoms with Gasteiger partial charge in [-0.25, -0.2) is 0 Å². The Kier molecular flexibility index (Phi) is 4.79. The van der Waals surface area contributed by atoms with Crippen LogP contribution in [-0.4, -0.2) is 47.2 Å². The van der Waals surface area contributed by atoms with Gasteiger partial charge < -0.3 is 14.2 Å². The number of H-pyrrole nitrogens is 1. The first-order chi connectivity index (χ1) is 12.7. The van der Waals surface area contributed by atoms with E-state index in [1.54, 1.807) is 6.07 Å². The summed E-state index contributed by atoms with van der Waals surface area (Å²) in [6, 6.07) is 11.9. The lowest BCUT2D eigenvalue weighted by Gasteiger charge is -2.21. The molecule has 1 aromatic carbocycles. The van der Waals surface area contributed by atoms with E-state index in [-0.39, 0.29) is 5.91 Å². The zero-order valence-corrected chi connectivity index (χ0v) is 15.8. The molecule has 3 heterocycles. The third kappa shape index (κ3) is 3.53. The van der Waals surface area contributed by atoms with Crippen molar-refractivity contribution in [1.29, 1.82) is 0 Å². The zero-order chi connectivity index (χ0) is 17.9. The molecule has 0 bridgehead atoms. The summed E-state index contributed by atoms with van der Waals surface area (Å²) < 4.78 is 6.08. The maximum atomic E-state index is 12.5. The van der Waals surface area contributed by atoms with Crippen molar-refractivity contribution in [3.8, 4) is 11.3 Å². The Morgan fingerprint density at radius 2 is 1.96 bits per heavy atom. The van der Waals surface area contributed by atoms with Gasteiger partial charge in [-0.15, -0.1) is 0 Å². The highest BCUT2D eigenvalue weighted by molar-refractivity contribution is 9.10. The predicted molar refractivity (Wildman–Crippen MR) is 103 cm³/mol. The van der Waals surface area contributed by atoms with Crippen molar-refractivity contribution in [2.45, 2.75) is 6.42 Å². The quantitative estimate of drug-likeness (QED) is 0.707. The van der Waals surface area contributed by atoms with Crippen LogP contribution in [-0.2, 0) is 0 Å².